The van der Waals surface area contributed by atoms with Crippen molar-refractivity contribution in [3.8, 4) is 0 Å². The predicted octanol–water partition coefficient (Wildman–Crippen LogP) is 5.23. The molecule has 1 aliphatic rings. The van der Waals surface area contributed by atoms with E-state index in [4.69, 9.17) is 11.6 Å². The van der Waals surface area contributed by atoms with Crippen molar-refractivity contribution in [2.24, 2.45) is 5.92 Å². The number of benzene rings is 2. The summed E-state index contributed by atoms with van der Waals surface area (Å²) in [5.41, 5.74) is 1.84. The molecule has 7 nitrogen and oxygen atoms in total. The number of hydrogen-bond acceptors (Lipinski definition) is 5. The minimum atomic E-state index is -4.06. The van der Waals surface area contributed by atoms with Crippen molar-refractivity contribution >= 4 is 39.1 Å². The number of rotatable bonds is 5. The Morgan fingerprint density at radius 2 is 1.61 bits per heavy atom. The van der Waals surface area contributed by atoms with Crippen LogP contribution in [0.2, 0.25) is 5.02 Å². The molecular weight excluding hydrogens is 498 g/mol. The van der Waals surface area contributed by atoms with E-state index in [9.17, 15) is 18.0 Å². The molecule has 2 aromatic carbocycles. The number of fused-ring (bicyclic) bond motifs is 1. The Morgan fingerprint density at radius 1 is 0.972 bits per heavy atom. The zero-order chi connectivity index (χ0) is 26.3. The van der Waals surface area contributed by atoms with Crippen LogP contribution in [-0.4, -0.2) is 44.8 Å². The summed E-state index contributed by atoms with van der Waals surface area (Å²) in [7, 11) is -4.06. The van der Waals surface area contributed by atoms with Gasteiger partial charge in [-0.3, -0.25) is 14.5 Å². The van der Waals surface area contributed by atoms with Gasteiger partial charge in [-0.1, -0.05) is 44.7 Å². The number of nitrogens with zero attached hydrogens (tertiary/aromatic N) is 2. The van der Waals surface area contributed by atoms with Gasteiger partial charge in [-0.25, -0.2) is 13.1 Å². The third-order valence-electron chi connectivity index (χ3n) is 6.24. The van der Waals surface area contributed by atoms with E-state index in [1.165, 1.54) is 24.3 Å². The zero-order valence-corrected chi connectivity index (χ0v) is 22.9. The minimum absolute atomic E-state index is 0.0441. The Bertz CT molecular complexity index is 1170. The van der Waals surface area contributed by atoms with Crippen molar-refractivity contribution in [2.45, 2.75) is 64.3 Å². The fourth-order valence-corrected chi connectivity index (χ4v) is 5.65. The molecule has 0 bridgehead atoms. The van der Waals surface area contributed by atoms with Crippen molar-refractivity contribution in [1.29, 1.82) is 0 Å². The van der Waals surface area contributed by atoms with E-state index < -0.39 is 15.9 Å². The van der Waals surface area contributed by atoms with Crippen LogP contribution in [0.5, 0.6) is 0 Å². The smallest absolute Gasteiger partial charge is 0.265 e. The lowest BCUT2D eigenvalue weighted by molar-refractivity contribution is -0.116. The second-order valence-electron chi connectivity index (χ2n) is 9.80. The van der Waals surface area contributed by atoms with Crippen LogP contribution in [0.3, 0.4) is 0 Å². The lowest BCUT2D eigenvalue weighted by Crippen LogP contribution is -2.34. The van der Waals surface area contributed by atoms with Crippen LogP contribution in [0, 0.1) is 5.92 Å². The molecule has 0 unspecified atom stereocenters. The molecular formula is C27H36ClN3O4S. The Hall–Kier alpha value is -2.42. The van der Waals surface area contributed by atoms with E-state index in [1.807, 2.05) is 0 Å². The second kappa shape index (κ2) is 12.7. The van der Waals surface area contributed by atoms with E-state index in [0.717, 1.165) is 56.4 Å². The summed E-state index contributed by atoms with van der Waals surface area (Å²) < 4.78 is 27.7. The Balaban J connectivity index is 1.96. The summed E-state index contributed by atoms with van der Waals surface area (Å²) in [6.07, 6.45) is 5.36. The number of hydrogen-bond donors (Lipinski definition) is 1. The van der Waals surface area contributed by atoms with E-state index >= 15 is 0 Å². The van der Waals surface area contributed by atoms with Gasteiger partial charge in [0.1, 0.15) is 0 Å². The molecule has 0 aromatic heterocycles. The lowest BCUT2D eigenvalue weighted by Gasteiger charge is -2.30. The highest BCUT2D eigenvalue weighted by Gasteiger charge is 2.23. The Morgan fingerprint density at radius 3 is 2.25 bits per heavy atom. The molecule has 1 heterocycles. The van der Waals surface area contributed by atoms with Crippen LogP contribution in [0.25, 0.3) is 0 Å². The van der Waals surface area contributed by atoms with E-state index in [-0.39, 0.29) is 16.4 Å². The molecule has 9 heteroatoms. The molecule has 3 rings (SSSR count). The zero-order valence-electron chi connectivity index (χ0n) is 21.3. The number of halogens is 1. The maximum atomic E-state index is 13.0. The van der Waals surface area contributed by atoms with Gasteiger partial charge in [0.25, 0.3) is 15.9 Å². The molecule has 0 saturated heterocycles. The van der Waals surface area contributed by atoms with Crippen molar-refractivity contribution in [3.63, 3.8) is 0 Å². The molecule has 2 amide bonds. The first-order valence-electron chi connectivity index (χ1n) is 12.5. The van der Waals surface area contributed by atoms with Crippen LogP contribution in [0.4, 0.5) is 5.69 Å². The maximum absolute atomic E-state index is 13.0. The minimum Gasteiger partial charge on any atom is -0.312 e. The molecule has 196 valence electrons. The summed E-state index contributed by atoms with van der Waals surface area (Å²) >= 11 is 5.86. The van der Waals surface area contributed by atoms with Gasteiger partial charge in [0.15, 0.2) is 0 Å². The normalized spacial score (nSPS) is 16.1. The molecule has 0 aliphatic carbocycles. The van der Waals surface area contributed by atoms with Crippen molar-refractivity contribution in [3.05, 3.63) is 58.6 Å². The number of nitrogens with one attached hydrogen (secondary N) is 1. The van der Waals surface area contributed by atoms with Gasteiger partial charge >= 0.3 is 0 Å². The molecule has 0 fully saturated rings. The number of carbonyl (C=O) groups excluding carboxylic acids is 2. The summed E-state index contributed by atoms with van der Waals surface area (Å²) in [6, 6.07) is 10.7. The van der Waals surface area contributed by atoms with Crippen molar-refractivity contribution in [2.75, 3.05) is 24.5 Å². The van der Waals surface area contributed by atoms with Crippen LogP contribution in [0.1, 0.15) is 68.8 Å². The Labute approximate surface area is 219 Å². The maximum Gasteiger partial charge on any atom is 0.265 e. The average molecular weight is 534 g/mol. The number of anilines is 1. The van der Waals surface area contributed by atoms with Gasteiger partial charge in [0, 0.05) is 42.8 Å². The highest BCUT2D eigenvalue weighted by atomic mass is 35.5. The third kappa shape index (κ3) is 7.79. The molecule has 1 aliphatic heterocycles. The monoisotopic (exact) mass is 533 g/mol. The highest BCUT2D eigenvalue weighted by Crippen LogP contribution is 2.27. The van der Waals surface area contributed by atoms with Gasteiger partial charge < -0.3 is 4.90 Å². The van der Waals surface area contributed by atoms with Crippen molar-refractivity contribution in [1.82, 2.24) is 9.62 Å². The fraction of sp³-hybridized carbons (Fsp3) is 0.481. The van der Waals surface area contributed by atoms with Crippen LogP contribution in [0.15, 0.2) is 47.4 Å². The van der Waals surface area contributed by atoms with Crippen LogP contribution >= 0.6 is 11.6 Å². The molecule has 0 atom stereocenters. The van der Waals surface area contributed by atoms with Crippen LogP contribution in [-0.2, 0) is 21.4 Å². The number of amides is 2. The largest absolute Gasteiger partial charge is 0.312 e. The highest BCUT2D eigenvalue weighted by molar-refractivity contribution is 7.90. The first-order chi connectivity index (χ1) is 17.1. The van der Waals surface area contributed by atoms with Gasteiger partial charge in [0.2, 0.25) is 5.91 Å². The van der Waals surface area contributed by atoms with Gasteiger partial charge in [0.05, 0.1) is 4.90 Å². The van der Waals surface area contributed by atoms with Crippen LogP contribution < -0.4 is 9.62 Å². The average Bonchev–Trinajstić information content (AvgIpc) is 2.79. The summed E-state index contributed by atoms with van der Waals surface area (Å²) in [5, 5.41) is 0.404. The van der Waals surface area contributed by atoms with Crippen molar-refractivity contribution < 1.29 is 18.0 Å². The molecule has 36 heavy (non-hydrogen) atoms. The summed E-state index contributed by atoms with van der Waals surface area (Å²) in [5.74, 6) is -0.309. The summed E-state index contributed by atoms with van der Waals surface area (Å²) in [6.45, 7) is 8.90. The van der Waals surface area contributed by atoms with E-state index in [2.05, 4.69) is 23.5 Å². The first-order valence-corrected chi connectivity index (χ1v) is 14.4. The fourth-order valence-electron chi connectivity index (χ4n) is 4.55. The lowest BCUT2D eigenvalue weighted by atomic mass is 10.0. The van der Waals surface area contributed by atoms with Gasteiger partial charge in [-0.15, -0.1) is 0 Å². The molecule has 0 saturated carbocycles. The van der Waals surface area contributed by atoms with E-state index in [0.29, 0.717) is 24.0 Å². The quantitative estimate of drug-likeness (QED) is 0.568. The molecule has 0 radical (unpaired) electrons. The topological polar surface area (TPSA) is 86.8 Å². The van der Waals surface area contributed by atoms with E-state index in [1.54, 1.807) is 30.0 Å². The number of carbonyl (C=O) groups is 2. The second-order valence-corrected chi connectivity index (χ2v) is 11.9. The SMILES string of the molecule is CC(=O)N1CCCCCCCN(CC(C)C)Cc2cc(C(=O)NS(=O)(=O)c3ccc(Cl)cc3)ccc21. The predicted molar refractivity (Wildman–Crippen MR) is 144 cm³/mol. The standard InChI is InChI=1S/C27H36ClN3O4S/c1-20(2)18-30-15-7-5-4-6-8-16-31(21(3)32)26-14-9-22(17-23(26)19-30)27(33)29-36(34,35)25-12-10-24(28)11-13-25/h9-14,17,20H,4-8,15-16,18-19H2,1-3H3,(H,29,33). The van der Waals surface area contributed by atoms with Gasteiger partial charge in [-0.2, -0.15) is 0 Å². The molecule has 2 aromatic rings. The molecule has 0 spiro atoms. The first kappa shape index (κ1) is 28.2. The Kier molecular flexibility index (Phi) is 9.93. The summed E-state index contributed by atoms with van der Waals surface area (Å²) in [4.78, 5) is 29.7. The number of sulfonamides is 1. The van der Waals surface area contributed by atoms with Gasteiger partial charge in [-0.05, 0) is 73.3 Å². The molecule has 1 N–H and O–H groups in total. The third-order valence-corrected chi connectivity index (χ3v) is 7.84.